The van der Waals surface area contributed by atoms with Gasteiger partial charge in [0.05, 0.1) is 0 Å². The van der Waals surface area contributed by atoms with Crippen LogP contribution >= 0.6 is 0 Å². The van der Waals surface area contributed by atoms with Crippen LogP contribution in [0.2, 0.25) is 0 Å². The van der Waals surface area contributed by atoms with Gasteiger partial charge in [-0.2, -0.15) is 92.2 Å². The Hall–Kier alpha value is -1.55. The van der Waals surface area contributed by atoms with Crippen LogP contribution in [0.3, 0.4) is 0 Å². The van der Waals surface area contributed by atoms with E-state index in [0.29, 0.717) is 0 Å². The van der Waals surface area contributed by atoms with Crippen molar-refractivity contribution in [2.24, 2.45) is 0 Å². The zero-order chi connectivity index (χ0) is 27.3. The fourth-order valence-corrected chi connectivity index (χ4v) is 1.78. The van der Waals surface area contributed by atoms with Crippen LogP contribution in [-0.2, 0) is 4.84 Å². The molecule has 0 aromatic heterocycles. The lowest BCUT2D eigenvalue weighted by Gasteiger charge is -2.39. The predicted octanol–water partition coefficient (Wildman–Crippen LogP) is 6.39. The van der Waals surface area contributed by atoms with Crippen LogP contribution in [-0.4, -0.2) is 65.0 Å². The maximum atomic E-state index is 13.5. The smallest absolute Gasteiger partial charge is 0.225 e. The molecule has 23 heteroatoms. The third-order valence-corrected chi connectivity index (χ3v) is 3.75. The first kappa shape index (κ1) is 29.5. The Morgan fingerprint density at radius 1 is 0.424 bits per heavy atom. The summed E-state index contributed by atoms with van der Waals surface area (Å²) in [5.74, 6) is -56.5. The van der Waals surface area contributed by atoms with E-state index in [1.807, 2.05) is 0 Å². The van der Waals surface area contributed by atoms with E-state index in [1.165, 1.54) is 0 Å². The quantitative estimate of drug-likeness (QED) is 0.208. The van der Waals surface area contributed by atoms with Crippen LogP contribution < -0.4 is 0 Å². The fraction of sp³-hybridized carbons (Fsp3) is 1.00. The fourth-order valence-electron chi connectivity index (χ4n) is 1.78. The van der Waals surface area contributed by atoms with Gasteiger partial charge in [-0.1, -0.05) is 0 Å². The second-order valence-electron chi connectivity index (χ2n) is 5.93. The predicted molar refractivity (Wildman–Crippen MR) is 53.5 cm³/mol. The molecule has 1 rings (SSSR count). The first-order chi connectivity index (χ1) is 13.8. The summed E-state index contributed by atoms with van der Waals surface area (Å²) in [4.78, 5) is 2.08. The van der Waals surface area contributed by atoms with Gasteiger partial charge in [-0.25, -0.2) is 4.84 Å². The Morgan fingerprint density at radius 3 is 1.03 bits per heavy atom. The Morgan fingerprint density at radius 2 is 0.727 bits per heavy atom. The van der Waals surface area contributed by atoms with E-state index < -0.39 is 65.0 Å². The molecule has 0 radical (unpaired) electrons. The third-order valence-electron chi connectivity index (χ3n) is 3.75. The van der Waals surface area contributed by atoms with Gasteiger partial charge in [-0.05, 0) is 5.06 Å². The van der Waals surface area contributed by atoms with Crippen LogP contribution in [0.5, 0.6) is 0 Å². The van der Waals surface area contributed by atoms with Crippen molar-refractivity contribution in [3.05, 3.63) is 0 Å². The van der Waals surface area contributed by atoms with E-state index in [2.05, 4.69) is 4.84 Å². The highest BCUT2D eigenvalue weighted by Crippen LogP contribution is 2.67. The summed E-state index contributed by atoms with van der Waals surface area (Å²) >= 11 is 0. The van der Waals surface area contributed by atoms with E-state index >= 15 is 0 Å². The number of halogens is 21. The van der Waals surface area contributed by atoms with Crippen molar-refractivity contribution in [3.8, 4) is 0 Å². The van der Waals surface area contributed by atoms with Crippen molar-refractivity contribution in [1.29, 1.82) is 0 Å². The molecule has 33 heavy (non-hydrogen) atoms. The average molecular weight is 549 g/mol. The average Bonchev–Trinajstić information content (AvgIpc) is 3.26. The molecule has 0 aliphatic carbocycles. The number of alkyl halides is 21. The SMILES string of the molecule is FC(F)(F)C(F)(F)C(F)(F)C1(F)ON1C(F)(F)C(F)(F)C(F)(F)C(F)(F)C(F)(F)C(F)(F)F. The summed E-state index contributed by atoms with van der Waals surface area (Å²) in [7, 11) is 0. The number of rotatable bonds is 7. The van der Waals surface area contributed by atoms with Gasteiger partial charge in [0.2, 0.25) is 0 Å². The van der Waals surface area contributed by atoms with Crippen molar-refractivity contribution in [3.63, 3.8) is 0 Å². The Bertz CT molecular complexity index is 762. The molecule has 1 heterocycles. The van der Waals surface area contributed by atoms with Crippen LogP contribution in [0, 0.1) is 0 Å². The highest BCUT2D eigenvalue weighted by molar-refractivity contribution is 5.13. The van der Waals surface area contributed by atoms with E-state index in [0.717, 1.165) is 0 Å². The molecule has 1 fully saturated rings. The number of nitrogens with zero attached hydrogens (tertiary/aromatic N) is 1. The normalized spacial score (nSPS) is 24.8. The molecule has 2 nitrogen and oxygen atoms in total. The summed E-state index contributed by atoms with van der Waals surface area (Å²) in [5, 5.41) is -3.46. The van der Waals surface area contributed by atoms with Crippen molar-refractivity contribution in [2.75, 3.05) is 0 Å². The van der Waals surface area contributed by atoms with Gasteiger partial charge in [0, 0.05) is 0 Å². The standard InChI is InChI=1S/C10F21NO/c11-1(12,3(15,16)7(23,24)25)2(13,14)5(19,20)9(29,30)32-10(31,33-32)6(21,22)4(17,18)8(26,27)28. The Balaban J connectivity index is 3.55. The summed E-state index contributed by atoms with van der Waals surface area (Å²) < 4.78 is 267. The minimum absolute atomic E-state index is 2.08. The molecule has 0 bridgehead atoms. The summed E-state index contributed by atoms with van der Waals surface area (Å²) in [6.07, 6.45) is -15.5. The molecule has 1 saturated heterocycles. The van der Waals surface area contributed by atoms with Crippen LogP contribution in [0.25, 0.3) is 0 Å². The summed E-state index contributed by atoms with van der Waals surface area (Å²) in [6.45, 7) is 0. The zero-order valence-electron chi connectivity index (χ0n) is 13.8. The lowest BCUT2D eigenvalue weighted by Crippen LogP contribution is -2.72. The minimum Gasteiger partial charge on any atom is -0.225 e. The molecule has 1 aliphatic rings. The summed E-state index contributed by atoms with van der Waals surface area (Å²) in [6, 6.07) is -7.98. The molecule has 0 saturated carbocycles. The highest BCUT2D eigenvalue weighted by atomic mass is 19.4. The van der Waals surface area contributed by atoms with Gasteiger partial charge >= 0.3 is 59.9 Å². The number of hydroxylamine groups is 2. The first-order valence-electron chi connectivity index (χ1n) is 6.80. The molecule has 0 aromatic rings. The molecule has 2 unspecified atom stereocenters. The summed E-state index contributed by atoms with van der Waals surface area (Å²) in [5.41, 5.74) is 0. The van der Waals surface area contributed by atoms with Gasteiger partial charge in [0.15, 0.2) is 0 Å². The maximum absolute atomic E-state index is 13.5. The molecule has 0 aromatic carbocycles. The zero-order valence-corrected chi connectivity index (χ0v) is 13.8. The molecular weight excluding hydrogens is 549 g/mol. The molecule has 198 valence electrons. The molecule has 2 atom stereocenters. The molecule has 0 amide bonds. The lowest BCUT2D eigenvalue weighted by molar-refractivity contribution is -0.452. The second kappa shape index (κ2) is 6.77. The second-order valence-corrected chi connectivity index (χ2v) is 5.93. The molecule has 1 aliphatic heterocycles. The third kappa shape index (κ3) is 3.38. The van der Waals surface area contributed by atoms with Gasteiger partial charge in [0.25, 0.3) is 0 Å². The largest absolute Gasteiger partial charge is 0.460 e. The number of hydrogen-bond donors (Lipinski definition) is 0. The molecule has 0 N–H and O–H groups in total. The maximum Gasteiger partial charge on any atom is 0.460 e. The van der Waals surface area contributed by atoms with Crippen molar-refractivity contribution in [1.82, 2.24) is 5.06 Å². The molecular formula is C10F21NO. The van der Waals surface area contributed by atoms with Gasteiger partial charge in [0.1, 0.15) is 0 Å². The minimum atomic E-state index is -8.68. The van der Waals surface area contributed by atoms with Gasteiger partial charge in [-0.15, -0.1) is 0 Å². The van der Waals surface area contributed by atoms with Crippen molar-refractivity contribution in [2.45, 2.75) is 59.9 Å². The van der Waals surface area contributed by atoms with Crippen LogP contribution in [0.4, 0.5) is 92.2 Å². The lowest BCUT2D eigenvalue weighted by atomic mass is 9.96. The molecule has 0 spiro atoms. The van der Waals surface area contributed by atoms with E-state index in [1.54, 1.807) is 0 Å². The van der Waals surface area contributed by atoms with Gasteiger partial charge in [-0.3, -0.25) is 0 Å². The monoisotopic (exact) mass is 549 g/mol. The highest BCUT2D eigenvalue weighted by Gasteiger charge is 2.98. The van der Waals surface area contributed by atoms with Crippen LogP contribution in [0.15, 0.2) is 0 Å². The van der Waals surface area contributed by atoms with Crippen molar-refractivity contribution >= 4 is 0 Å². The first-order valence-corrected chi connectivity index (χ1v) is 6.80. The van der Waals surface area contributed by atoms with Crippen molar-refractivity contribution < 1.29 is 97.0 Å². The number of hydrogen-bond acceptors (Lipinski definition) is 2. The Labute approximate surface area is 163 Å². The van der Waals surface area contributed by atoms with E-state index in [9.17, 15) is 92.2 Å². The van der Waals surface area contributed by atoms with Crippen LogP contribution in [0.1, 0.15) is 0 Å². The topological polar surface area (TPSA) is 15.5 Å². The van der Waals surface area contributed by atoms with Gasteiger partial charge < -0.3 is 0 Å². The van der Waals surface area contributed by atoms with E-state index in [4.69, 9.17) is 0 Å². The van der Waals surface area contributed by atoms with E-state index in [-0.39, 0.29) is 0 Å². The Kier molecular flexibility index (Phi) is 6.05.